The summed E-state index contributed by atoms with van der Waals surface area (Å²) in [5.41, 5.74) is 0. The van der Waals surface area contributed by atoms with Crippen molar-refractivity contribution in [3.8, 4) is 0 Å². The van der Waals surface area contributed by atoms with Crippen molar-refractivity contribution in [2.24, 2.45) is 17.8 Å². The van der Waals surface area contributed by atoms with Gasteiger partial charge < -0.3 is 5.11 Å². The van der Waals surface area contributed by atoms with E-state index in [0.717, 1.165) is 24.7 Å². The molecule has 0 aromatic heterocycles. The molecule has 2 aliphatic carbocycles. The van der Waals surface area contributed by atoms with Gasteiger partial charge in [0, 0.05) is 0 Å². The number of rotatable bonds is 1. The summed E-state index contributed by atoms with van der Waals surface area (Å²) in [7, 11) is 0. The van der Waals surface area contributed by atoms with Crippen LogP contribution in [0.25, 0.3) is 0 Å². The molecular formula is C10H16O2. The fourth-order valence-corrected chi connectivity index (χ4v) is 2.93. The topological polar surface area (TPSA) is 37.3 Å². The smallest absolute Gasteiger partial charge is 0.306 e. The lowest BCUT2D eigenvalue weighted by Gasteiger charge is -2.37. The zero-order chi connectivity index (χ0) is 8.55. The van der Waals surface area contributed by atoms with Crippen molar-refractivity contribution >= 4 is 5.97 Å². The zero-order valence-electron chi connectivity index (χ0n) is 7.33. The van der Waals surface area contributed by atoms with Crippen molar-refractivity contribution in [1.82, 2.24) is 0 Å². The van der Waals surface area contributed by atoms with Crippen LogP contribution in [0.3, 0.4) is 0 Å². The van der Waals surface area contributed by atoms with Crippen molar-refractivity contribution in [3.63, 3.8) is 0 Å². The highest BCUT2D eigenvalue weighted by Crippen LogP contribution is 2.42. The molecule has 0 spiro atoms. The van der Waals surface area contributed by atoms with Crippen LogP contribution in [0.5, 0.6) is 0 Å². The second kappa shape index (κ2) is 3.08. The Morgan fingerprint density at radius 1 is 1.08 bits per heavy atom. The molecule has 1 N–H and O–H groups in total. The molecule has 3 atom stereocenters. The maximum Gasteiger partial charge on any atom is 0.306 e. The normalized spacial score (nSPS) is 40.8. The summed E-state index contributed by atoms with van der Waals surface area (Å²) in [6.45, 7) is 0. The van der Waals surface area contributed by atoms with E-state index in [2.05, 4.69) is 0 Å². The fraction of sp³-hybridized carbons (Fsp3) is 0.900. The highest BCUT2D eigenvalue weighted by Gasteiger charge is 2.34. The average Bonchev–Trinajstić information content (AvgIpc) is 2.03. The van der Waals surface area contributed by atoms with E-state index in [9.17, 15) is 4.79 Å². The number of aliphatic carboxylic acids is 1. The number of hydrogen-bond acceptors (Lipinski definition) is 1. The van der Waals surface area contributed by atoms with E-state index in [1.54, 1.807) is 0 Å². The van der Waals surface area contributed by atoms with Gasteiger partial charge in [0.05, 0.1) is 5.92 Å². The summed E-state index contributed by atoms with van der Waals surface area (Å²) in [6.07, 6.45) is 7.10. The SMILES string of the molecule is O=C(O)[C@@H]1C[C@@H]2CCC[C@@H](C2)C1. The molecule has 2 fully saturated rings. The molecule has 0 unspecified atom stereocenters. The standard InChI is InChI=1S/C10H16O2/c11-10(12)9-5-7-2-1-3-8(4-7)6-9/h7-9H,1-6H2,(H,11,12)/t7-,8+,9-. The van der Waals surface area contributed by atoms with Crippen LogP contribution >= 0.6 is 0 Å². The van der Waals surface area contributed by atoms with Crippen LogP contribution in [-0.4, -0.2) is 11.1 Å². The molecule has 2 rings (SSSR count). The van der Waals surface area contributed by atoms with E-state index >= 15 is 0 Å². The minimum Gasteiger partial charge on any atom is -0.481 e. The molecule has 2 aliphatic rings. The van der Waals surface area contributed by atoms with Crippen LogP contribution in [0.15, 0.2) is 0 Å². The van der Waals surface area contributed by atoms with Gasteiger partial charge in [0.25, 0.3) is 0 Å². The van der Waals surface area contributed by atoms with Gasteiger partial charge in [-0.05, 0) is 31.1 Å². The van der Waals surface area contributed by atoms with E-state index in [1.165, 1.54) is 25.7 Å². The molecule has 0 amide bonds. The van der Waals surface area contributed by atoms with Gasteiger partial charge in [-0.2, -0.15) is 0 Å². The van der Waals surface area contributed by atoms with Crippen molar-refractivity contribution in [1.29, 1.82) is 0 Å². The lowest BCUT2D eigenvalue weighted by molar-refractivity contribution is -0.144. The Bertz CT molecular complexity index is 176. The van der Waals surface area contributed by atoms with E-state index in [0.29, 0.717) is 0 Å². The second-order valence-corrected chi connectivity index (χ2v) is 4.41. The van der Waals surface area contributed by atoms with Crippen LogP contribution in [0.1, 0.15) is 38.5 Å². The van der Waals surface area contributed by atoms with E-state index in [4.69, 9.17) is 5.11 Å². The van der Waals surface area contributed by atoms with Gasteiger partial charge in [-0.25, -0.2) is 0 Å². The van der Waals surface area contributed by atoms with Crippen molar-refractivity contribution < 1.29 is 9.90 Å². The Morgan fingerprint density at radius 3 is 2.17 bits per heavy atom. The Labute approximate surface area is 73.0 Å². The number of hydrogen-bond donors (Lipinski definition) is 1. The highest BCUT2D eigenvalue weighted by atomic mass is 16.4. The molecule has 0 heterocycles. The summed E-state index contributed by atoms with van der Waals surface area (Å²) < 4.78 is 0. The Balaban J connectivity index is 2.00. The average molecular weight is 168 g/mol. The van der Waals surface area contributed by atoms with Gasteiger partial charge >= 0.3 is 5.97 Å². The van der Waals surface area contributed by atoms with Crippen LogP contribution in [0, 0.1) is 17.8 Å². The van der Waals surface area contributed by atoms with E-state index in [1.807, 2.05) is 0 Å². The third-order valence-corrected chi connectivity index (χ3v) is 3.48. The number of carboxylic acid groups (broad SMARTS) is 1. The summed E-state index contributed by atoms with van der Waals surface area (Å²) >= 11 is 0. The first-order valence-electron chi connectivity index (χ1n) is 4.98. The molecular weight excluding hydrogens is 152 g/mol. The van der Waals surface area contributed by atoms with Crippen molar-refractivity contribution in [2.45, 2.75) is 38.5 Å². The van der Waals surface area contributed by atoms with Gasteiger partial charge in [-0.1, -0.05) is 19.3 Å². The molecule has 2 nitrogen and oxygen atoms in total. The Morgan fingerprint density at radius 2 is 1.67 bits per heavy atom. The zero-order valence-corrected chi connectivity index (χ0v) is 7.33. The van der Waals surface area contributed by atoms with Crippen LogP contribution in [0.4, 0.5) is 0 Å². The minimum absolute atomic E-state index is 0.0194. The lowest BCUT2D eigenvalue weighted by Crippen LogP contribution is -2.30. The van der Waals surface area contributed by atoms with Gasteiger partial charge in [-0.15, -0.1) is 0 Å². The molecule has 0 aromatic rings. The van der Waals surface area contributed by atoms with Crippen LogP contribution in [0.2, 0.25) is 0 Å². The number of carbonyl (C=O) groups is 1. The lowest BCUT2D eigenvalue weighted by atomic mass is 9.68. The summed E-state index contributed by atoms with van der Waals surface area (Å²) in [4.78, 5) is 10.8. The number of carboxylic acids is 1. The van der Waals surface area contributed by atoms with E-state index < -0.39 is 5.97 Å². The molecule has 0 radical (unpaired) electrons. The summed E-state index contributed by atoms with van der Waals surface area (Å²) in [6, 6.07) is 0. The predicted octanol–water partition coefficient (Wildman–Crippen LogP) is 2.29. The number of fused-ring (bicyclic) bond motifs is 2. The van der Waals surface area contributed by atoms with Crippen molar-refractivity contribution in [3.05, 3.63) is 0 Å². The maximum atomic E-state index is 10.8. The Kier molecular flexibility index (Phi) is 2.07. The molecule has 0 aromatic carbocycles. The minimum atomic E-state index is -0.563. The first-order chi connectivity index (χ1) is 5.75. The maximum absolute atomic E-state index is 10.8. The van der Waals surface area contributed by atoms with Gasteiger partial charge in [-0.3, -0.25) is 4.79 Å². The third-order valence-electron chi connectivity index (χ3n) is 3.48. The van der Waals surface area contributed by atoms with Gasteiger partial charge in [0.2, 0.25) is 0 Å². The second-order valence-electron chi connectivity index (χ2n) is 4.41. The quantitative estimate of drug-likeness (QED) is 0.652. The summed E-state index contributed by atoms with van der Waals surface area (Å²) in [5.74, 6) is 0.887. The molecule has 2 saturated carbocycles. The third kappa shape index (κ3) is 1.47. The molecule has 0 saturated heterocycles. The van der Waals surface area contributed by atoms with Crippen molar-refractivity contribution in [2.75, 3.05) is 0 Å². The molecule has 2 bridgehead atoms. The molecule has 12 heavy (non-hydrogen) atoms. The Hall–Kier alpha value is -0.530. The summed E-state index contributed by atoms with van der Waals surface area (Å²) in [5, 5.41) is 8.89. The largest absolute Gasteiger partial charge is 0.481 e. The van der Waals surface area contributed by atoms with Gasteiger partial charge in [0.15, 0.2) is 0 Å². The van der Waals surface area contributed by atoms with E-state index in [-0.39, 0.29) is 5.92 Å². The molecule has 0 aliphatic heterocycles. The monoisotopic (exact) mass is 168 g/mol. The fourth-order valence-electron chi connectivity index (χ4n) is 2.93. The van der Waals surface area contributed by atoms with Gasteiger partial charge in [0.1, 0.15) is 0 Å². The first-order valence-corrected chi connectivity index (χ1v) is 4.98. The molecule has 2 heteroatoms. The highest BCUT2D eigenvalue weighted by molar-refractivity contribution is 5.70. The van der Waals surface area contributed by atoms with Crippen LogP contribution in [-0.2, 0) is 4.79 Å². The first kappa shape index (κ1) is 8.09. The van der Waals surface area contributed by atoms with Crippen LogP contribution < -0.4 is 0 Å². The predicted molar refractivity (Wildman–Crippen MR) is 45.8 cm³/mol. The molecule has 68 valence electrons.